The van der Waals surface area contributed by atoms with Crippen LogP contribution in [0.1, 0.15) is 24.0 Å². The van der Waals surface area contributed by atoms with Crippen molar-refractivity contribution in [3.63, 3.8) is 0 Å². The van der Waals surface area contributed by atoms with Crippen LogP contribution in [0.5, 0.6) is 0 Å². The van der Waals surface area contributed by atoms with Gasteiger partial charge >= 0.3 is 5.97 Å². The van der Waals surface area contributed by atoms with E-state index < -0.39 is 12.0 Å². The van der Waals surface area contributed by atoms with Crippen molar-refractivity contribution in [2.24, 2.45) is 0 Å². The lowest BCUT2D eigenvalue weighted by Crippen LogP contribution is -2.41. The van der Waals surface area contributed by atoms with Gasteiger partial charge in [0.1, 0.15) is 6.04 Å². The summed E-state index contributed by atoms with van der Waals surface area (Å²) in [6.07, 6.45) is 3.78. The Kier molecular flexibility index (Phi) is 5.97. The number of benzene rings is 2. The third-order valence-electron chi connectivity index (χ3n) is 4.89. The molecular formula is C22H22ClNO3. The fourth-order valence-corrected chi connectivity index (χ4v) is 4.01. The first-order valence-corrected chi connectivity index (χ1v) is 9.39. The molecule has 1 fully saturated rings. The molecule has 1 atom stereocenters. The van der Waals surface area contributed by atoms with Crippen molar-refractivity contribution in [1.82, 2.24) is 4.90 Å². The minimum absolute atomic E-state index is 0.124. The maximum Gasteiger partial charge on any atom is 0.326 e. The molecule has 2 aromatic carbocycles. The first kappa shape index (κ1) is 19.2. The number of nitrogens with zero attached hydrogens (tertiary/aromatic N) is 1. The second-order valence-electron chi connectivity index (χ2n) is 6.72. The summed E-state index contributed by atoms with van der Waals surface area (Å²) in [5.41, 5.74) is 3.79. The highest BCUT2D eigenvalue weighted by molar-refractivity contribution is 6.30. The Morgan fingerprint density at radius 1 is 1.22 bits per heavy atom. The van der Waals surface area contributed by atoms with Gasteiger partial charge in [-0.25, -0.2) is 4.79 Å². The summed E-state index contributed by atoms with van der Waals surface area (Å²) in [7, 11) is 0. The SMILES string of the molecule is C=CCc1cc(Cl)cc(CC(=O)N2CCC[C@@H]2C(=O)O)c1-c1ccccc1. The molecule has 4 nitrogen and oxygen atoms in total. The van der Waals surface area contributed by atoms with E-state index in [2.05, 4.69) is 6.58 Å². The standard InChI is InChI=1S/C22H22ClNO3/c1-2-7-16-12-18(23)13-17(21(16)15-8-4-3-5-9-15)14-20(25)24-11-6-10-19(24)22(26)27/h2-5,8-9,12-13,19H,1,6-7,10-11,14H2,(H,26,27)/t19-/m1/s1. The highest BCUT2D eigenvalue weighted by Gasteiger charge is 2.34. The molecule has 3 rings (SSSR count). The van der Waals surface area contributed by atoms with E-state index in [-0.39, 0.29) is 12.3 Å². The molecule has 0 aliphatic carbocycles. The zero-order valence-corrected chi connectivity index (χ0v) is 15.8. The Labute approximate surface area is 164 Å². The number of halogens is 1. The topological polar surface area (TPSA) is 57.6 Å². The van der Waals surface area contributed by atoms with E-state index in [1.54, 1.807) is 6.07 Å². The summed E-state index contributed by atoms with van der Waals surface area (Å²) in [6, 6.07) is 12.8. The number of carbonyl (C=O) groups is 2. The first-order valence-electron chi connectivity index (χ1n) is 9.01. The van der Waals surface area contributed by atoms with Crippen LogP contribution in [0.2, 0.25) is 5.02 Å². The van der Waals surface area contributed by atoms with Crippen molar-refractivity contribution in [1.29, 1.82) is 0 Å². The number of rotatable bonds is 6. The van der Waals surface area contributed by atoms with E-state index in [0.717, 1.165) is 22.3 Å². The number of hydrogen-bond acceptors (Lipinski definition) is 2. The molecule has 1 aliphatic rings. The molecule has 0 aromatic heterocycles. The summed E-state index contributed by atoms with van der Waals surface area (Å²) in [6.45, 7) is 4.30. The fourth-order valence-electron chi connectivity index (χ4n) is 3.74. The van der Waals surface area contributed by atoms with Crippen molar-refractivity contribution in [2.75, 3.05) is 6.54 Å². The van der Waals surface area contributed by atoms with Crippen LogP contribution in [-0.2, 0) is 22.4 Å². The summed E-state index contributed by atoms with van der Waals surface area (Å²) in [5.74, 6) is -1.12. The predicted octanol–water partition coefficient (Wildman–Crippen LogP) is 4.35. The molecule has 140 valence electrons. The number of hydrogen-bond donors (Lipinski definition) is 1. The lowest BCUT2D eigenvalue weighted by atomic mass is 9.91. The Morgan fingerprint density at radius 2 is 1.93 bits per heavy atom. The van der Waals surface area contributed by atoms with Crippen LogP contribution in [-0.4, -0.2) is 34.5 Å². The summed E-state index contributed by atoms with van der Waals surface area (Å²) < 4.78 is 0. The molecule has 0 saturated carbocycles. The highest BCUT2D eigenvalue weighted by atomic mass is 35.5. The molecule has 2 aromatic rings. The average Bonchev–Trinajstić information content (AvgIpc) is 3.13. The lowest BCUT2D eigenvalue weighted by Gasteiger charge is -2.23. The van der Waals surface area contributed by atoms with E-state index in [4.69, 9.17) is 11.6 Å². The number of amides is 1. The maximum atomic E-state index is 12.9. The largest absolute Gasteiger partial charge is 0.480 e. The van der Waals surface area contributed by atoms with Crippen molar-refractivity contribution in [3.05, 3.63) is 71.3 Å². The third-order valence-corrected chi connectivity index (χ3v) is 5.11. The van der Waals surface area contributed by atoms with Crippen LogP contribution < -0.4 is 0 Å². The molecular weight excluding hydrogens is 362 g/mol. The fraction of sp³-hybridized carbons (Fsp3) is 0.273. The van der Waals surface area contributed by atoms with Gasteiger partial charge in [-0.15, -0.1) is 6.58 Å². The van der Waals surface area contributed by atoms with E-state index in [1.807, 2.05) is 42.5 Å². The van der Waals surface area contributed by atoms with Gasteiger partial charge in [0.15, 0.2) is 0 Å². The van der Waals surface area contributed by atoms with Gasteiger partial charge in [0.05, 0.1) is 6.42 Å². The van der Waals surface area contributed by atoms with Gasteiger partial charge in [0.2, 0.25) is 5.91 Å². The van der Waals surface area contributed by atoms with E-state index >= 15 is 0 Å². The van der Waals surface area contributed by atoms with Gasteiger partial charge in [-0.2, -0.15) is 0 Å². The van der Waals surface area contributed by atoms with E-state index in [1.165, 1.54) is 4.90 Å². The van der Waals surface area contributed by atoms with Crippen LogP contribution in [0.15, 0.2) is 55.1 Å². The van der Waals surface area contributed by atoms with Crippen LogP contribution in [0.3, 0.4) is 0 Å². The molecule has 1 heterocycles. The minimum atomic E-state index is -0.942. The molecule has 1 saturated heterocycles. The molecule has 0 unspecified atom stereocenters. The van der Waals surface area contributed by atoms with Crippen molar-refractivity contribution >= 4 is 23.5 Å². The van der Waals surface area contributed by atoms with E-state index in [0.29, 0.717) is 30.8 Å². The van der Waals surface area contributed by atoms with Crippen molar-refractivity contribution < 1.29 is 14.7 Å². The summed E-state index contributed by atoms with van der Waals surface area (Å²) >= 11 is 6.31. The Balaban J connectivity index is 2.00. The summed E-state index contributed by atoms with van der Waals surface area (Å²) in [5, 5.41) is 9.92. The zero-order chi connectivity index (χ0) is 19.4. The number of carboxylic acids is 1. The van der Waals surface area contributed by atoms with Gasteiger partial charge in [-0.3, -0.25) is 4.79 Å². The number of allylic oxidation sites excluding steroid dienone is 1. The smallest absolute Gasteiger partial charge is 0.326 e. The van der Waals surface area contributed by atoms with Gasteiger partial charge in [0, 0.05) is 11.6 Å². The van der Waals surface area contributed by atoms with E-state index in [9.17, 15) is 14.7 Å². The lowest BCUT2D eigenvalue weighted by molar-refractivity contribution is -0.147. The molecule has 1 aliphatic heterocycles. The first-order chi connectivity index (χ1) is 13.0. The third kappa shape index (κ3) is 4.22. The number of carbonyl (C=O) groups excluding carboxylic acids is 1. The maximum absolute atomic E-state index is 12.9. The monoisotopic (exact) mass is 383 g/mol. The second kappa shape index (κ2) is 8.40. The molecule has 0 bridgehead atoms. The highest BCUT2D eigenvalue weighted by Crippen LogP contribution is 2.32. The van der Waals surface area contributed by atoms with Crippen LogP contribution >= 0.6 is 11.6 Å². The Morgan fingerprint density at radius 3 is 2.59 bits per heavy atom. The van der Waals surface area contributed by atoms with Crippen molar-refractivity contribution in [3.8, 4) is 11.1 Å². The van der Waals surface area contributed by atoms with Gasteiger partial charge in [-0.1, -0.05) is 48.0 Å². The molecule has 0 spiro atoms. The summed E-state index contributed by atoms with van der Waals surface area (Å²) in [4.78, 5) is 25.8. The number of carboxylic acid groups (broad SMARTS) is 1. The molecule has 27 heavy (non-hydrogen) atoms. The Bertz CT molecular complexity index is 863. The van der Waals surface area contributed by atoms with Gasteiger partial charge in [-0.05, 0) is 53.6 Å². The van der Waals surface area contributed by atoms with Crippen LogP contribution in [0.4, 0.5) is 0 Å². The number of likely N-dealkylation sites (tertiary alicyclic amines) is 1. The second-order valence-corrected chi connectivity index (χ2v) is 7.15. The number of aliphatic carboxylic acids is 1. The molecule has 5 heteroatoms. The van der Waals surface area contributed by atoms with Gasteiger partial charge < -0.3 is 10.0 Å². The predicted molar refractivity (Wildman–Crippen MR) is 107 cm³/mol. The quantitative estimate of drug-likeness (QED) is 0.754. The normalized spacial score (nSPS) is 16.3. The van der Waals surface area contributed by atoms with Crippen molar-refractivity contribution in [2.45, 2.75) is 31.7 Å². The average molecular weight is 384 g/mol. The zero-order valence-electron chi connectivity index (χ0n) is 15.0. The minimum Gasteiger partial charge on any atom is -0.480 e. The Hall–Kier alpha value is -2.59. The van der Waals surface area contributed by atoms with Crippen LogP contribution in [0.25, 0.3) is 11.1 Å². The van der Waals surface area contributed by atoms with Crippen LogP contribution in [0, 0.1) is 0 Å². The van der Waals surface area contributed by atoms with Gasteiger partial charge in [0.25, 0.3) is 0 Å². The molecule has 0 radical (unpaired) electrons. The molecule has 1 N–H and O–H groups in total. The molecule has 1 amide bonds.